The van der Waals surface area contributed by atoms with Crippen LogP contribution in [0.4, 0.5) is 0 Å². The first-order valence-corrected chi connectivity index (χ1v) is 5.96. The molecule has 2 unspecified atom stereocenters. The maximum absolute atomic E-state index is 11.1. The van der Waals surface area contributed by atoms with Crippen molar-refractivity contribution in [2.24, 2.45) is 17.6 Å². The van der Waals surface area contributed by atoms with Crippen LogP contribution in [0.25, 0.3) is 0 Å². The molecule has 16 heavy (non-hydrogen) atoms. The predicted octanol–water partition coefficient (Wildman–Crippen LogP) is 2.81. The minimum Gasteiger partial charge on any atom is -0.481 e. The maximum Gasteiger partial charge on any atom is 0.308 e. The number of halogens is 1. The summed E-state index contributed by atoms with van der Waals surface area (Å²) >= 11 is 3.35. The van der Waals surface area contributed by atoms with Crippen LogP contribution in [0.1, 0.15) is 25.5 Å². The third-order valence-corrected chi connectivity index (χ3v) is 3.12. The summed E-state index contributed by atoms with van der Waals surface area (Å²) in [6.45, 7) is 3.74. The topological polar surface area (TPSA) is 63.3 Å². The monoisotopic (exact) mass is 285 g/mol. The van der Waals surface area contributed by atoms with E-state index in [9.17, 15) is 4.79 Å². The first-order chi connectivity index (χ1) is 7.43. The number of carboxylic acid groups (broad SMARTS) is 1. The van der Waals surface area contributed by atoms with Gasteiger partial charge in [-0.05, 0) is 23.6 Å². The van der Waals surface area contributed by atoms with E-state index in [-0.39, 0.29) is 5.92 Å². The molecule has 0 spiro atoms. The zero-order valence-electron chi connectivity index (χ0n) is 9.35. The molecule has 0 aliphatic rings. The van der Waals surface area contributed by atoms with E-state index in [1.807, 2.05) is 38.1 Å². The van der Waals surface area contributed by atoms with Gasteiger partial charge in [0.05, 0.1) is 5.92 Å². The standard InChI is InChI=1S/C12H16BrNO2/c1-7(2)10(12(15)16)11(14)8-4-3-5-9(13)6-8/h3-7,10-11H,14H2,1-2H3,(H,15,16). The van der Waals surface area contributed by atoms with Crippen molar-refractivity contribution in [3.8, 4) is 0 Å². The number of rotatable bonds is 4. The average molecular weight is 286 g/mol. The lowest BCUT2D eigenvalue weighted by atomic mass is 9.85. The Kier molecular flexibility index (Phi) is 4.50. The van der Waals surface area contributed by atoms with Crippen molar-refractivity contribution >= 4 is 21.9 Å². The van der Waals surface area contributed by atoms with Crippen LogP contribution < -0.4 is 5.73 Å². The van der Waals surface area contributed by atoms with Gasteiger partial charge in [-0.2, -0.15) is 0 Å². The molecule has 1 rings (SSSR count). The molecule has 0 amide bonds. The Morgan fingerprint density at radius 3 is 2.50 bits per heavy atom. The van der Waals surface area contributed by atoms with Crippen LogP contribution in [0.5, 0.6) is 0 Å². The summed E-state index contributed by atoms with van der Waals surface area (Å²) in [7, 11) is 0. The van der Waals surface area contributed by atoms with Crippen LogP contribution >= 0.6 is 15.9 Å². The van der Waals surface area contributed by atoms with E-state index in [2.05, 4.69) is 15.9 Å². The summed E-state index contributed by atoms with van der Waals surface area (Å²) in [5.41, 5.74) is 6.85. The van der Waals surface area contributed by atoms with E-state index in [4.69, 9.17) is 10.8 Å². The lowest BCUT2D eigenvalue weighted by Crippen LogP contribution is -2.32. The van der Waals surface area contributed by atoms with Crippen LogP contribution in [0.3, 0.4) is 0 Å². The Morgan fingerprint density at radius 1 is 1.44 bits per heavy atom. The van der Waals surface area contributed by atoms with Crippen molar-refractivity contribution in [3.63, 3.8) is 0 Å². The van der Waals surface area contributed by atoms with E-state index in [1.54, 1.807) is 0 Å². The van der Waals surface area contributed by atoms with Crippen LogP contribution in [0.15, 0.2) is 28.7 Å². The number of aliphatic carboxylic acids is 1. The molecule has 0 saturated carbocycles. The molecule has 0 radical (unpaired) electrons. The van der Waals surface area contributed by atoms with E-state index < -0.39 is 17.9 Å². The Morgan fingerprint density at radius 2 is 2.06 bits per heavy atom. The van der Waals surface area contributed by atoms with Gasteiger partial charge in [-0.1, -0.05) is 41.9 Å². The van der Waals surface area contributed by atoms with Gasteiger partial charge in [-0.3, -0.25) is 4.79 Å². The molecule has 0 heterocycles. The van der Waals surface area contributed by atoms with Gasteiger partial charge in [0.1, 0.15) is 0 Å². The SMILES string of the molecule is CC(C)C(C(=O)O)C(N)c1cccc(Br)c1. The Balaban J connectivity index is 2.99. The summed E-state index contributed by atoms with van der Waals surface area (Å²) in [4.78, 5) is 11.1. The quantitative estimate of drug-likeness (QED) is 0.894. The Bertz CT molecular complexity index is 379. The van der Waals surface area contributed by atoms with Gasteiger partial charge >= 0.3 is 5.97 Å². The molecule has 0 fully saturated rings. The normalized spacial score (nSPS) is 14.8. The highest BCUT2D eigenvalue weighted by molar-refractivity contribution is 9.10. The van der Waals surface area contributed by atoms with E-state index in [1.165, 1.54) is 0 Å². The molecule has 0 aromatic heterocycles. The molecule has 0 aliphatic heterocycles. The predicted molar refractivity (Wildman–Crippen MR) is 67.0 cm³/mol. The number of nitrogens with two attached hydrogens (primary N) is 1. The second-order valence-corrected chi connectivity index (χ2v) is 5.10. The van der Waals surface area contributed by atoms with Crippen LogP contribution in [-0.2, 0) is 4.79 Å². The fraction of sp³-hybridized carbons (Fsp3) is 0.417. The van der Waals surface area contributed by atoms with Crippen LogP contribution in [0.2, 0.25) is 0 Å². The molecular formula is C12H16BrNO2. The van der Waals surface area contributed by atoms with Crippen molar-refractivity contribution in [2.45, 2.75) is 19.9 Å². The van der Waals surface area contributed by atoms with Gasteiger partial charge < -0.3 is 10.8 Å². The minimum atomic E-state index is -0.845. The highest BCUT2D eigenvalue weighted by Crippen LogP contribution is 2.27. The van der Waals surface area contributed by atoms with Gasteiger partial charge in [0.15, 0.2) is 0 Å². The molecule has 3 nitrogen and oxygen atoms in total. The number of carboxylic acids is 1. The fourth-order valence-electron chi connectivity index (χ4n) is 1.77. The largest absolute Gasteiger partial charge is 0.481 e. The third-order valence-electron chi connectivity index (χ3n) is 2.62. The highest BCUT2D eigenvalue weighted by Gasteiger charge is 2.29. The lowest BCUT2D eigenvalue weighted by Gasteiger charge is -2.23. The highest BCUT2D eigenvalue weighted by atomic mass is 79.9. The maximum atomic E-state index is 11.1. The van der Waals surface area contributed by atoms with Crippen molar-refractivity contribution in [3.05, 3.63) is 34.3 Å². The molecular weight excluding hydrogens is 270 g/mol. The summed E-state index contributed by atoms with van der Waals surface area (Å²) in [6.07, 6.45) is 0. The molecule has 1 aromatic rings. The Labute approximate surface area is 104 Å². The second-order valence-electron chi connectivity index (χ2n) is 4.19. The number of benzene rings is 1. The smallest absolute Gasteiger partial charge is 0.308 e. The first-order valence-electron chi connectivity index (χ1n) is 5.17. The van der Waals surface area contributed by atoms with E-state index in [0.717, 1.165) is 10.0 Å². The molecule has 3 N–H and O–H groups in total. The van der Waals surface area contributed by atoms with Crippen molar-refractivity contribution in [2.75, 3.05) is 0 Å². The average Bonchev–Trinajstić information content (AvgIpc) is 2.16. The molecule has 0 aliphatic carbocycles. The number of carbonyl (C=O) groups is 1. The zero-order valence-corrected chi connectivity index (χ0v) is 10.9. The van der Waals surface area contributed by atoms with Gasteiger partial charge in [0.25, 0.3) is 0 Å². The number of hydrogen-bond acceptors (Lipinski definition) is 2. The van der Waals surface area contributed by atoms with Gasteiger partial charge in [-0.15, -0.1) is 0 Å². The van der Waals surface area contributed by atoms with Gasteiger partial charge in [0, 0.05) is 10.5 Å². The van der Waals surface area contributed by atoms with Crippen LogP contribution in [0, 0.1) is 11.8 Å². The number of hydrogen-bond donors (Lipinski definition) is 2. The van der Waals surface area contributed by atoms with E-state index >= 15 is 0 Å². The first kappa shape index (κ1) is 13.2. The molecule has 88 valence electrons. The second kappa shape index (κ2) is 5.46. The van der Waals surface area contributed by atoms with Crippen molar-refractivity contribution < 1.29 is 9.90 Å². The van der Waals surface area contributed by atoms with Gasteiger partial charge in [-0.25, -0.2) is 0 Å². The molecule has 4 heteroatoms. The van der Waals surface area contributed by atoms with E-state index in [0.29, 0.717) is 0 Å². The third kappa shape index (κ3) is 3.06. The minimum absolute atomic E-state index is 0.00600. The molecule has 1 aromatic carbocycles. The summed E-state index contributed by atoms with van der Waals surface area (Å²) in [6, 6.07) is 6.99. The lowest BCUT2D eigenvalue weighted by molar-refractivity contribution is -0.144. The van der Waals surface area contributed by atoms with Gasteiger partial charge in [0.2, 0.25) is 0 Å². The van der Waals surface area contributed by atoms with Crippen molar-refractivity contribution in [1.82, 2.24) is 0 Å². The summed E-state index contributed by atoms with van der Waals surface area (Å²) < 4.78 is 0.911. The van der Waals surface area contributed by atoms with Crippen molar-refractivity contribution in [1.29, 1.82) is 0 Å². The van der Waals surface area contributed by atoms with Crippen LogP contribution in [-0.4, -0.2) is 11.1 Å². The summed E-state index contributed by atoms with van der Waals surface area (Å²) in [5, 5.41) is 9.15. The molecule has 0 bridgehead atoms. The fourth-order valence-corrected chi connectivity index (χ4v) is 2.19. The molecule has 2 atom stereocenters. The Hall–Kier alpha value is -0.870. The zero-order chi connectivity index (χ0) is 12.3. The molecule has 0 saturated heterocycles. The summed E-state index contributed by atoms with van der Waals surface area (Å²) in [5.74, 6) is -1.40.